The van der Waals surface area contributed by atoms with E-state index in [9.17, 15) is 17.8 Å². The van der Waals surface area contributed by atoms with E-state index < -0.39 is 22.1 Å². The van der Waals surface area contributed by atoms with Crippen molar-refractivity contribution in [1.29, 1.82) is 0 Å². The van der Waals surface area contributed by atoms with E-state index in [0.717, 1.165) is 5.56 Å². The van der Waals surface area contributed by atoms with Crippen LogP contribution in [0.2, 0.25) is 0 Å². The third-order valence-electron chi connectivity index (χ3n) is 2.72. The Kier molecular flexibility index (Phi) is 9.88. The number of aliphatic carboxylic acids is 1. The van der Waals surface area contributed by atoms with E-state index in [0.29, 0.717) is 11.5 Å². The SMILES string of the molecule is CC(CSCC(N)C(=O)O)c1ccc(S(=O)(=O)[O-])cc1.[K+]. The maximum absolute atomic E-state index is 10.8. The van der Waals surface area contributed by atoms with E-state index in [1.54, 1.807) is 12.1 Å². The summed E-state index contributed by atoms with van der Waals surface area (Å²) in [6, 6.07) is 4.85. The molecule has 0 heterocycles. The average Bonchev–Trinajstić information content (AvgIpc) is 2.37. The zero-order valence-corrected chi connectivity index (χ0v) is 16.6. The first-order chi connectivity index (χ1) is 9.21. The maximum atomic E-state index is 10.8. The van der Waals surface area contributed by atoms with Crippen LogP contribution in [-0.2, 0) is 14.9 Å². The van der Waals surface area contributed by atoms with Gasteiger partial charge in [-0.15, -0.1) is 0 Å². The van der Waals surface area contributed by atoms with Crippen LogP contribution in [0, 0.1) is 0 Å². The summed E-state index contributed by atoms with van der Waals surface area (Å²) in [6.45, 7) is 1.93. The van der Waals surface area contributed by atoms with Crippen LogP contribution in [0.15, 0.2) is 29.2 Å². The van der Waals surface area contributed by atoms with E-state index in [1.165, 1.54) is 23.9 Å². The van der Waals surface area contributed by atoms with Gasteiger partial charge in [0.1, 0.15) is 16.2 Å². The van der Waals surface area contributed by atoms with Crippen LogP contribution >= 0.6 is 11.8 Å². The molecule has 0 saturated heterocycles. The molecule has 0 aliphatic heterocycles. The van der Waals surface area contributed by atoms with Gasteiger partial charge in [-0.3, -0.25) is 4.79 Å². The molecule has 0 fully saturated rings. The quantitative estimate of drug-likeness (QED) is 0.421. The predicted octanol–water partition coefficient (Wildman–Crippen LogP) is -2.16. The molecule has 0 spiro atoms. The van der Waals surface area contributed by atoms with Gasteiger partial charge in [0.15, 0.2) is 0 Å². The monoisotopic (exact) mass is 357 g/mol. The van der Waals surface area contributed by atoms with Crippen LogP contribution in [0.1, 0.15) is 18.4 Å². The number of nitrogens with two attached hydrogens (primary N) is 1. The van der Waals surface area contributed by atoms with Crippen LogP contribution < -0.4 is 57.1 Å². The molecular formula is C12H16KNO5S2. The minimum absolute atomic E-state index is 0. The molecule has 0 saturated carbocycles. The Labute approximate surface area is 171 Å². The normalized spacial score (nSPS) is 14.0. The van der Waals surface area contributed by atoms with E-state index in [-0.39, 0.29) is 62.2 Å². The van der Waals surface area contributed by atoms with E-state index in [1.807, 2.05) is 6.92 Å². The van der Waals surface area contributed by atoms with Crippen LogP contribution in [0.3, 0.4) is 0 Å². The Morgan fingerprint density at radius 2 is 1.86 bits per heavy atom. The van der Waals surface area contributed by atoms with Crippen molar-refractivity contribution in [3.8, 4) is 0 Å². The van der Waals surface area contributed by atoms with Crippen molar-refractivity contribution in [3.63, 3.8) is 0 Å². The molecule has 0 aliphatic rings. The summed E-state index contributed by atoms with van der Waals surface area (Å²) in [6.07, 6.45) is 0. The number of hydrogen-bond acceptors (Lipinski definition) is 6. The third kappa shape index (κ3) is 7.57. The van der Waals surface area contributed by atoms with Gasteiger partial charge >= 0.3 is 57.4 Å². The molecule has 0 radical (unpaired) electrons. The van der Waals surface area contributed by atoms with E-state index >= 15 is 0 Å². The summed E-state index contributed by atoms with van der Waals surface area (Å²) >= 11 is 1.42. The minimum Gasteiger partial charge on any atom is -0.744 e. The number of benzene rings is 1. The summed E-state index contributed by atoms with van der Waals surface area (Å²) < 4.78 is 32.4. The van der Waals surface area contributed by atoms with Crippen LogP contribution in [-0.4, -0.2) is 41.6 Å². The molecule has 6 nitrogen and oxygen atoms in total. The van der Waals surface area contributed by atoms with E-state index in [4.69, 9.17) is 10.8 Å². The molecule has 21 heavy (non-hydrogen) atoms. The third-order valence-corrected chi connectivity index (χ3v) is 4.90. The molecule has 0 aliphatic carbocycles. The zero-order chi connectivity index (χ0) is 15.3. The molecule has 0 bridgehead atoms. The topological polar surface area (TPSA) is 121 Å². The molecule has 1 rings (SSSR count). The Balaban J connectivity index is 0.00000400. The zero-order valence-electron chi connectivity index (χ0n) is 11.9. The number of hydrogen-bond donors (Lipinski definition) is 2. The Bertz CT molecular complexity index is 562. The van der Waals surface area contributed by atoms with Gasteiger partial charge in [-0.25, -0.2) is 8.42 Å². The van der Waals surface area contributed by atoms with Crippen LogP contribution in [0.4, 0.5) is 0 Å². The number of thioether (sulfide) groups is 1. The second-order valence-corrected chi connectivity index (χ2v) is 6.86. The fraction of sp³-hybridized carbons (Fsp3) is 0.417. The Morgan fingerprint density at radius 1 is 1.33 bits per heavy atom. The number of carboxylic acids is 1. The molecule has 2 unspecified atom stereocenters. The van der Waals surface area contributed by atoms with Crippen LogP contribution in [0.5, 0.6) is 0 Å². The van der Waals surface area contributed by atoms with Gasteiger partial charge < -0.3 is 15.4 Å². The average molecular weight is 357 g/mol. The summed E-state index contributed by atoms with van der Waals surface area (Å²) in [5.74, 6) is 0.0384. The van der Waals surface area contributed by atoms with Gasteiger partial charge in [-0.1, -0.05) is 19.1 Å². The first-order valence-electron chi connectivity index (χ1n) is 5.84. The van der Waals surface area contributed by atoms with Crippen molar-refractivity contribution in [2.45, 2.75) is 23.8 Å². The molecule has 0 aromatic heterocycles. The van der Waals surface area contributed by atoms with Crippen molar-refractivity contribution < 1.29 is 74.3 Å². The van der Waals surface area contributed by atoms with Crippen molar-refractivity contribution >= 4 is 27.8 Å². The maximum Gasteiger partial charge on any atom is 1.00 e. The molecule has 1 aromatic rings. The summed E-state index contributed by atoms with van der Waals surface area (Å²) in [4.78, 5) is 10.3. The number of carboxylic acid groups (broad SMARTS) is 1. The van der Waals surface area contributed by atoms with Crippen molar-refractivity contribution in [2.24, 2.45) is 5.73 Å². The van der Waals surface area contributed by atoms with Crippen molar-refractivity contribution in [3.05, 3.63) is 29.8 Å². The molecular weight excluding hydrogens is 341 g/mol. The number of carbonyl (C=O) groups is 1. The molecule has 1 aromatic carbocycles. The molecule has 112 valence electrons. The van der Waals surface area contributed by atoms with Crippen molar-refractivity contribution in [2.75, 3.05) is 11.5 Å². The van der Waals surface area contributed by atoms with Gasteiger partial charge in [-0.05, 0) is 29.4 Å². The Morgan fingerprint density at radius 3 is 2.29 bits per heavy atom. The molecule has 9 heteroatoms. The predicted molar refractivity (Wildman–Crippen MR) is 75.8 cm³/mol. The second kappa shape index (κ2) is 9.63. The van der Waals surface area contributed by atoms with Gasteiger partial charge in [0.25, 0.3) is 0 Å². The van der Waals surface area contributed by atoms with Crippen LogP contribution in [0.25, 0.3) is 0 Å². The second-order valence-electron chi connectivity index (χ2n) is 4.41. The largest absolute Gasteiger partial charge is 1.00 e. The minimum atomic E-state index is -4.42. The van der Waals surface area contributed by atoms with Gasteiger partial charge in [0.2, 0.25) is 0 Å². The first kappa shape index (κ1) is 21.5. The Hall–Kier alpha value is 0.546. The fourth-order valence-corrected chi connectivity index (χ4v) is 3.05. The van der Waals surface area contributed by atoms with Gasteiger partial charge in [-0.2, -0.15) is 11.8 Å². The van der Waals surface area contributed by atoms with Crippen molar-refractivity contribution in [1.82, 2.24) is 0 Å². The first-order valence-corrected chi connectivity index (χ1v) is 8.40. The van der Waals surface area contributed by atoms with E-state index in [2.05, 4.69) is 0 Å². The summed E-state index contributed by atoms with van der Waals surface area (Å²) in [5.41, 5.74) is 6.27. The van der Waals surface area contributed by atoms with Gasteiger partial charge in [0, 0.05) is 5.75 Å². The van der Waals surface area contributed by atoms with Gasteiger partial charge in [0.05, 0.1) is 4.90 Å². The smallest absolute Gasteiger partial charge is 0.744 e. The molecule has 0 amide bonds. The fourth-order valence-electron chi connectivity index (χ4n) is 1.50. The number of rotatable bonds is 7. The molecule has 2 atom stereocenters. The summed E-state index contributed by atoms with van der Waals surface area (Å²) in [7, 11) is -4.42. The standard InChI is InChI=1S/C12H17NO5S2.K/c1-8(6-19-7-11(13)12(14)15)9-2-4-10(5-3-9)20(16,17)18;/h2-5,8,11H,6-7,13H2,1H3,(H,14,15)(H,16,17,18);/q;+1/p-1. The molecule has 3 N–H and O–H groups in total. The summed E-state index contributed by atoms with van der Waals surface area (Å²) in [5, 5.41) is 8.65.